The van der Waals surface area contributed by atoms with Gasteiger partial charge in [-0.05, 0) is 31.0 Å². The number of anilines is 1. The maximum Gasteiger partial charge on any atom is 0.228 e. The largest absolute Gasteiger partial charge is 0.319 e. The van der Waals surface area contributed by atoms with E-state index in [4.69, 9.17) is 0 Å². The second-order valence-electron chi connectivity index (χ2n) is 4.80. The zero-order valence-corrected chi connectivity index (χ0v) is 11.8. The van der Waals surface area contributed by atoms with Crippen LogP contribution < -0.4 is 10.2 Å². The molecule has 1 heterocycles. The van der Waals surface area contributed by atoms with E-state index in [0.29, 0.717) is 12.3 Å². The molecule has 4 heteroatoms. The van der Waals surface area contributed by atoms with Gasteiger partial charge in [-0.15, -0.1) is 12.4 Å². The van der Waals surface area contributed by atoms with Crippen molar-refractivity contribution in [3.8, 4) is 0 Å². The van der Waals surface area contributed by atoms with Gasteiger partial charge in [-0.25, -0.2) is 0 Å². The van der Waals surface area contributed by atoms with E-state index < -0.39 is 0 Å². The van der Waals surface area contributed by atoms with Crippen LogP contribution in [0.2, 0.25) is 0 Å². The SMILES string of the molecule is CNCCC(=O)N1CC(C)Cc2ccccc21.Cl. The number of rotatable bonds is 3. The summed E-state index contributed by atoms with van der Waals surface area (Å²) in [5.41, 5.74) is 2.40. The van der Waals surface area contributed by atoms with Crippen LogP contribution in [-0.2, 0) is 11.2 Å². The van der Waals surface area contributed by atoms with Crippen LogP contribution in [0.25, 0.3) is 0 Å². The number of fused-ring (bicyclic) bond motifs is 1. The Morgan fingerprint density at radius 2 is 2.17 bits per heavy atom. The molecule has 0 fully saturated rings. The first-order valence-electron chi connectivity index (χ1n) is 6.25. The van der Waals surface area contributed by atoms with Gasteiger partial charge in [-0.2, -0.15) is 0 Å². The summed E-state index contributed by atoms with van der Waals surface area (Å²) in [6.45, 7) is 3.79. The lowest BCUT2D eigenvalue weighted by molar-refractivity contribution is -0.118. The number of nitrogens with zero attached hydrogens (tertiary/aromatic N) is 1. The van der Waals surface area contributed by atoms with E-state index in [0.717, 1.165) is 25.2 Å². The molecule has 0 spiro atoms. The Hall–Kier alpha value is -1.06. The van der Waals surface area contributed by atoms with E-state index in [1.165, 1.54) is 5.56 Å². The molecular formula is C14H21ClN2O. The smallest absolute Gasteiger partial charge is 0.228 e. The highest BCUT2D eigenvalue weighted by atomic mass is 35.5. The predicted molar refractivity (Wildman–Crippen MR) is 77.5 cm³/mol. The topological polar surface area (TPSA) is 32.3 Å². The summed E-state index contributed by atoms with van der Waals surface area (Å²) in [7, 11) is 1.88. The molecule has 1 N–H and O–H groups in total. The highest BCUT2D eigenvalue weighted by molar-refractivity contribution is 5.94. The van der Waals surface area contributed by atoms with Gasteiger partial charge in [0.15, 0.2) is 0 Å². The first-order valence-corrected chi connectivity index (χ1v) is 6.25. The summed E-state index contributed by atoms with van der Waals surface area (Å²) >= 11 is 0. The van der Waals surface area contributed by atoms with Crippen molar-refractivity contribution in [1.29, 1.82) is 0 Å². The van der Waals surface area contributed by atoms with Gasteiger partial charge in [0.25, 0.3) is 0 Å². The lowest BCUT2D eigenvalue weighted by atomic mass is 9.93. The maximum absolute atomic E-state index is 12.2. The Bertz CT molecular complexity index is 409. The second-order valence-corrected chi connectivity index (χ2v) is 4.80. The number of carbonyl (C=O) groups is 1. The third-order valence-electron chi connectivity index (χ3n) is 3.23. The van der Waals surface area contributed by atoms with Crippen molar-refractivity contribution in [1.82, 2.24) is 5.32 Å². The average Bonchev–Trinajstić information content (AvgIpc) is 2.34. The maximum atomic E-state index is 12.2. The Labute approximate surface area is 115 Å². The Balaban J connectivity index is 0.00000162. The summed E-state index contributed by atoms with van der Waals surface area (Å²) in [6.07, 6.45) is 1.64. The minimum absolute atomic E-state index is 0. The van der Waals surface area contributed by atoms with Crippen LogP contribution in [0.15, 0.2) is 24.3 Å². The number of halogens is 1. The van der Waals surface area contributed by atoms with E-state index in [1.54, 1.807) is 0 Å². The van der Waals surface area contributed by atoms with Gasteiger partial charge in [-0.1, -0.05) is 25.1 Å². The number of para-hydroxylation sites is 1. The molecule has 0 saturated carbocycles. The van der Waals surface area contributed by atoms with E-state index in [1.807, 2.05) is 24.1 Å². The molecule has 0 bridgehead atoms. The fourth-order valence-corrected chi connectivity index (χ4v) is 2.40. The molecule has 1 aliphatic rings. The van der Waals surface area contributed by atoms with Crippen molar-refractivity contribution in [3.05, 3.63) is 29.8 Å². The molecule has 0 radical (unpaired) electrons. The van der Waals surface area contributed by atoms with Crippen LogP contribution in [-0.4, -0.2) is 26.0 Å². The van der Waals surface area contributed by atoms with Gasteiger partial charge in [0, 0.05) is 25.2 Å². The van der Waals surface area contributed by atoms with Crippen LogP contribution in [0.1, 0.15) is 18.9 Å². The van der Waals surface area contributed by atoms with Crippen molar-refractivity contribution < 1.29 is 4.79 Å². The second kappa shape index (κ2) is 6.76. The number of benzene rings is 1. The van der Waals surface area contributed by atoms with E-state index in [-0.39, 0.29) is 18.3 Å². The number of nitrogens with one attached hydrogen (secondary N) is 1. The summed E-state index contributed by atoms with van der Waals surface area (Å²) < 4.78 is 0. The van der Waals surface area contributed by atoms with Crippen molar-refractivity contribution in [3.63, 3.8) is 0 Å². The minimum Gasteiger partial charge on any atom is -0.319 e. The highest BCUT2D eigenvalue weighted by Crippen LogP contribution is 2.29. The molecule has 3 nitrogen and oxygen atoms in total. The molecule has 1 aromatic carbocycles. The Kier molecular flexibility index (Phi) is 5.63. The van der Waals surface area contributed by atoms with Gasteiger partial charge in [0.1, 0.15) is 0 Å². The van der Waals surface area contributed by atoms with Gasteiger partial charge < -0.3 is 10.2 Å². The molecule has 100 valence electrons. The first-order chi connectivity index (χ1) is 8.22. The van der Waals surface area contributed by atoms with Gasteiger partial charge in [-0.3, -0.25) is 4.79 Å². The van der Waals surface area contributed by atoms with E-state index in [2.05, 4.69) is 24.4 Å². The third-order valence-corrected chi connectivity index (χ3v) is 3.23. The molecule has 1 unspecified atom stereocenters. The van der Waals surface area contributed by atoms with Crippen LogP contribution in [0.4, 0.5) is 5.69 Å². The zero-order chi connectivity index (χ0) is 12.3. The van der Waals surface area contributed by atoms with Gasteiger partial charge >= 0.3 is 0 Å². The Morgan fingerprint density at radius 1 is 1.44 bits per heavy atom. The zero-order valence-electron chi connectivity index (χ0n) is 11.0. The van der Waals surface area contributed by atoms with Crippen LogP contribution in [0, 0.1) is 5.92 Å². The van der Waals surface area contributed by atoms with E-state index in [9.17, 15) is 4.79 Å². The van der Waals surface area contributed by atoms with Crippen molar-refractivity contribution in [2.45, 2.75) is 19.8 Å². The first kappa shape index (κ1) is 15.0. The van der Waals surface area contributed by atoms with Crippen molar-refractivity contribution in [2.24, 2.45) is 5.92 Å². The van der Waals surface area contributed by atoms with Crippen molar-refractivity contribution in [2.75, 3.05) is 25.0 Å². The minimum atomic E-state index is 0. The summed E-state index contributed by atoms with van der Waals surface area (Å²) in [5.74, 6) is 0.766. The molecular weight excluding hydrogens is 248 g/mol. The number of hydrogen-bond acceptors (Lipinski definition) is 2. The van der Waals surface area contributed by atoms with Gasteiger partial charge in [0.05, 0.1) is 0 Å². The molecule has 0 saturated heterocycles. The lowest BCUT2D eigenvalue weighted by Crippen LogP contribution is -2.40. The summed E-state index contributed by atoms with van der Waals surface area (Å²) in [5, 5.41) is 3.03. The average molecular weight is 269 g/mol. The number of carbonyl (C=O) groups excluding carboxylic acids is 1. The van der Waals surface area contributed by atoms with Crippen LogP contribution in [0.3, 0.4) is 0 Å². The molecule has 2 rings (SSSR count). The molecule has 1 amide bonds. The normalized spacial score (nSPS) is 17.9. The fraction of sp³-hybridized carbons (Fsp3) is 0.500. The molecule has 1 aromatic rings. The number of amides is 1. The summed E-state index contributed by atoms with van der Waals surface area (Å²) in [4.78, 5) is 14.1. The molecule has 0 aromatic heterocycles. The van der Waals surface area contributed by atoms with E-state index >= 15 is 0 Å². The van der Waals surface area contributed by atoms with Gasteiger partial charge in [0.2, 0.25) is 5.91 Å². The van der Waals surface area contributed by atoms with Crippen molar-refractivity contribution >= 4 is 24.0 Å². The predicted octanol–water partition coefficient (Wildman–Crippen LogP) is 2.24. The fourth-order valence-electron chi connectivity index (χ4n) is 2.40. The van der Waals surface area contributed by atoms with Crippen LogP contribution in [0.5, 0.6) is 0 Å². The standard InChI is InChI=1S/C14H20N2O.ClH/c1-11-9-12-5-3-4-6-13(12)16(10-11)14(17)7-8-15-2;/h3-6,11,15H,7-10H2,1-2H3;1H. The van der Waals surface area contributed by atoms with Crippen LogP contribution >= 0.6 is 12.4 Å². The monoisotopic (exact) mass is 268 g/mol. The third kappa shape index (κ3) is 3.24. The lowest BCUT2D eigenvalue weighted by Gasteiger charge is -2.33. The molecule has 0 aliphatic carbocycles. The molecule has 1 aliphatic heterocycles. The Morgan fingerprint density at radius 3 is 2.89 bits per heavy atom. The quantitative estimate of drug-likeness (QED) is 0.912. The summed E-state index contributed by atoms with van der Waals surface area (Å²) in [6, 6.07) is 8.24. The molecule has 1 atom stereocenters. The molecule has 18 heavy (non-hydrogen) atoms. The number of hydrogen-bond donors (Lipinski definition) is 1. The highest BCUT2D eigenvalue weighted by Gasteiger charge is 2.25.